The Labute approximate surface area is 110 Å². The molecule has 0 aliphatic carbocycles. The summed E-state index contributed by atoms with van der Waals surface area (Å²) in [7, 11) is 1.30. The third-order valence-electron chi connectivity index (χ3n) is 2.90. The fourth-order valence-corrected chi connectivity index (χ4v) is 1.91. The Morgan fingerprint density at radius 2 is 2.00 bits per heavy atom. The third kappa shape index (κ3) is 2.57. The van der Waals surface area contributed by atoms with Crippen molar-refractivity contribution in [1.29, 1.82) is 0 Å². The Hall–Kier alpha value is -2.36. The zero-order valence-electron chi connectivity index (χ0n) is 10.7. The molecule has 2 aromatic rings. The number of carbonyl (C=O) groups excluding carboxylic acids is 1. The van der Waals surface area contributed by atoms with E-state index in [1.54, 1.807) is 31.2 Å². The Kier molecular flexibility index (Phi) is 3.51. The number of ether oxygens (including phenoxy) is 1. The molecule has 98 valence electrons. The zero-order valence-corrected chi connectivity index (χ0v) is 10.7. The predicted octanol–water partition coefficient (Wildman–Crippen LogP) is 3.17. The topological polar surface area (TPSA) is 52.3 Å². The molecule has 0 aliphatic heterocycles. The van der Waals surface area contributed by atoms with E-state index in [2.05, 4.69) is 0 Å². The fourth-order valence-electron chi connectivity index (χ4n) is 1.91. The number of esters is 1. The highest BCUT2D eigenvalue weighted by atomic mass is 19.1. The summed E-state index contributed by atoms with van der Waals surface area (Å²) in [5.74, 6) is -0.870. The molecule has 0 bridgehead atoms. The maximum Gasteiger partial charge on any atom is 0.338 e. The quantitative estimate of drug-likeness (QED) is 0.665. The van der Waals surface area contributed by atoms with Gasteiger partial charge in [-0.2, -0.15) is 0 Å². The highest BCUT2D eigenvalue weighted by Crippen LogP contribution is 2.28. The van der Waals surface area contributed by atoms with E-state index in [1.165, 1.54) is 19.2 Å². The summed E-state index contributed by atoms with van der Waals surface area (Å²) >= 11 is 0. The van der Waals surface area contributed by atoms with Gasteiger partial charge >= 0.3 is 5.97 Å². The van der Waals surface area contributed by atoms with Crippen molar-refractivity contribution in [3.05, 3.63) is 53.3 Å². The number of carbonyl (C=O) groups is 1. The molecule has 0 spiro atoms. The van der Waals surface area contributed by atoms with Gasteiger partial charge in [0.1, 0.15) is 5.82 Å². The first-order valence-corrected chi connectivity index (χ1v) is 5.77. The van der Waals surface area contributed by atoms with Gasteiger partial charge in [0.2, 0.25) is 0 Å². The van der Waals surface area contributed by atoms with Crippen LogP contribution in [0.15, 0.2) is 36.4 Å². The number of hydrogen-bond donors (Lipinski definition) is 1. The number of benzene rings is 2. The van der Waals surface area contributed by atoms with Crippen molar-refractivity contribution in [2.45, 2.75) is 6.92 Å². The van der Waals surface area contributed by atoms with E-state index in [-0.39, 0.29) is 5.82 Å². The standard InChI is InChI=1S/C15H14FNO2/c1-9-6-13(15(18)19-2)12(8-14(9)16)10-4-3-5-11(17)7-10/h3-8H,17H2,1-2H3. The number of aryl methyl sites for hydroxylation is 1. The van der Waals surface area contributed by atoms with Crippen LogP contribution < -0.4 is 5.73 Å². The Morgan fingerprint density at radius 3 is 2.63 bits per heavy atom. The SMILES string of the molecule is COC(=O)c1cc(C)c(F)cc1-c1cccc(N)c1. The van der Waals surface area contributed by atoms with Crippen LogP contribution in [0, 0.1) is 12.7 Å². The smallest absolute Gasteiger partial charge is 0.338 e. The van der Waals surface area contributed by atoms with Gasteiger partial charge in [0, 0.05) is 5.69 Å². The van der Waals surface area contributed by atoms with Gasteiger partial charge in [-0.25, -0.2) is 9.18 Å². The molecule has 4 heteroatoms. The minimum absolute atomic E-state index is 0.326. The van der Waals surface area contributed by atoms with Crippen LogP contribution in [-0.4, -0.2) is 13.1 Å². The highest BCUT2D eigenvalue weighted by Gasteiger charge is 2.16. The number of anilines is 1. The van der Waals surface area contributed by atoms with Gasteiger partial charge in [-0.3, -0.25) is 0 Å². The number of halogens is 1. The van der Waals surface area contributed by atoms with Crippen LogP contribution in [0.3, 0.4) is 0 Å². The molecule has 0 heterocycles. The molecule has 0 atom stereocenters. The van der Waals surface area contributed by atoms with Gasteiger partial charge in [0.05, 0.1) is 12.7 Å². The molecule has 2 rings (SSSR count). The van der Waals surface area contributed by atoms with Gasteiger partial charge in [-0.05, 0) is 47.9 Å². The molecule has 0 unspecified atom stereocenters. The van der Waals surface area contributed by atoms with E-state index in [4.69, 9.17) is 10.5 Å². The van der Waals surface area contributed by atoms with Crippen LogP contribution in [0.25, 0.3) is 11.1 Å². The molecule has 0 saturated heterocycles. The van der Waals surface area contributed by atoms with Gasteiger partial charge in [-0.15, -0.1) is 0 Å². The molecule has 0 aliphatic rings. The van der Waals surface area contributed by atoms with E-state index in [9.17, 15) is 9.18 Å². The average Bonchev–Trinajstić information content (AvgIpc) is 2.40. The molecule has 0 aromatic heterocycles. The van der Waals surface area contributed by atoms with E-state index in [1.807, 2.05) is 0 Å². The van der Waals surface area contributed by atoms with E-state index in [0.717, 1.165) is 0 Å². The molecular formula is C15H14FNO2. The van der Waals surface area contributed by atoms with Crippen LogP contribution >= 0.6 is 0 Å². The maximum absolute atomic E-state index is 13.7. The van der Waals surface area contributed by atoms with Crippen molar-refractivity contribution in [3.8, 4) is 11.1 Å². The minimum atomic E-state index is -0.500. The lowest BCUT2D eigenvalue weighted by atomic mass is 9.97. The van der Waals surface area contributed by atoms with E-state index < -0.39 is 5.97 Å². The Morgan fingerprint density at radius 1 is 1.26 bits per heavy atom. The molecule has 0 amide bonds. The predicted molar refractivity (Wildman–Crippen MR) is 72.3 cm³/mol. The monoisotopic (exact) mass is 259 g/mol. The second-order valence-corrected chi connectivity index (χ2v) is 4.26. The second-order valence-electron chi connectivity index (χ2n) is 4.26. The number of nitrogen functional groups attached to an aromatic ring is 1. The maximum atomic E-state index is 13.7. The summed E-state index contributed by atoms with van der Waals surface area (Å²) in [6.45, 7) is 1.60. The largest absolute Gasteiger partial charge is 0.465 e. The van der Waals surface area contributed by atoms with Gasteiger partial charge in [0.15, 0.2) is 0 Å². The Balaban J connectivity index is 2.67. The molecule has 0 radical (unpaired) electrons. The van der Waals surface area contributed by atoms with Crippen LogP contribution in [-0.2, 0) is 4.74 Å². The number of hydrogen-bond acceptors (Lipinski definition) is 3. The van der Waals surface area contributed by atoms with Crippen molar-refractivity contribution in [2.24, 2.45) is 0 Å². The van der Waals surface area contributed by atoms with Crippen molar-refractivity contribution in [1.82, 2.24) is 0 Å². The summed E-state index contributed by atoms with van der Waals surface area (Å²) in [4.78, 5) is 11.8. The Bertz CT molecular complexity index is 638. The van der Waals surface area contributed by atoms with Crippen molar-refractivity contribution in [3.63, 3.8) is 0 Å². The van der Waals surface area contributed by atoms with Crippen LogP contribution in [0.4, 0.5) is 10.1 Å². The molecule has 19 heavy (non-hydrogen) atoms. The van der Waals surface area contributed by atoms with Crippen molar-refractivity contribution < 1.29 is 13.9 Å². The number of methoxy groups -OCH3 is 1. The lowest BCUT2D eigenvalue weighted by Gasteiger charge is -2.10. The second kappa shape index (κ2) is 5.10. The number of rotatable bonds is 2. The fraction of sp³-hybridized carbons (Fsp3) is 0.133. The summed E-state index contributed by atoms with van der Waals surface area (Å²) < 4.78 is 18.5. The van der Waals surface area contributed by atoms with Crippen LogP contribution in [0.1, 0.15) is 15.9 Å². The van der Waals surface area contributed by atoms with Gasteiger partial charge < -0.3 is 10.5 Å². The first-order chi connectivity index (χ1) is 9.02. The lowest BCUT2D eigenvalue weighted by Crippen LogP contribution is -2.05. The van der Waals surface area contributed by atoms with Gasteiger partial charge in [0.25, 0.3) is 0 Å². The third-order valence-corrected chi connectivity index (χ3v) is 2.90. The van der Waals surface area contributed by atoms with Crippen molar-refractivity contribution in [2.75, 3.05) is 12.8 Å². The zero-order chi connectivity index (χ0) is 14.0. The molecule has 0 fully saturated rings. The number of nitrogens with two attached hydrogens (primary N) is 1. The minimum Gasteiger partial charge on any atom is -0.465 e. The highest BCUT2D eigenvalue weighted by molar-refractivity contribution is 5.97. The van der Waals surface area contributed by atoms with Gasteiger partial charge in [-0.1, -0.05) is 12.1 Å². The normalized spacial score (nSPS) is 10.3. The molecule has 2 aromatic carbocycles. The van der Waals surface area contributed by atoms with Crippen molar-refractivity contribution >= 4 is 11.7 Å². The molecule has 3 nitrogen and oxygen atoms in total. The first-order valence-electron chi connectivity index (χ1n) is 5.77. The van der Waals surface area contributed by atoms with Crippen LogP contribution in [0.2, 0.25) is 0 Å². The average molecular weight is 259 g/mol. The molecule has 0 saturated carbocycles. The summed E-state index contributed by atoms with van der Waals surface area (Å²) in [6, 6.07) is 9.76. The van der Waals surface area contributed by atoms with E-state index >= 15 is 0 Å². The summed E-state index contributed by atoms with van der Waals surface area (Å²) in [5.41, 5.74) is 8.14. The summed E-state index contributed by atoms with van der Waals surface area (Å²) in [5, 5.41) is 0. The lowest BCUT2D eigenvalue weighted by molar-refractivity contribution is 0.0601. The summed E-state index contributed by atoms with van der Waals surface area (Å²) in [6.07, 6.45) is 0. The van der Waals surface area contributed by atoms with E-state index in [0.29, 0.717) is 27.9 Å². The molecule has 2 N–H and O–H groups in total. The first kappa shape index (κ1) is 13.1. The van der Waals surface area contributed by atoms with Crippen LogP contribution in [0.5, 0.6) is 0 Å². The molecular weight excluding hydrogens is 245 g/mol.